The second-order valence-corrected chi connectivity index (χ2v) is 4.80. The van der Waals surface area contributed by atoms with Crippen LogP contribution in [-0.4, -0.2) is 41.7 Å². The fourth-order valence-corrected chi connectivity index (χ4v) is 1.98. The quantitative estimate of drug-likeness (QED) is 0.865. The Labute approximate surface area is 117 Å². The van der Waals surface area contributed by atoms with E-state index >= 15 is 0 Å². The highest BCUT2D eigenvalue weighted by atomic mass is 16.5. The van der Waals surface area contributed by atoms with Crippen molar-refractivity contribution in [3.8, 4) is 5.75 Å². The van der Waals surface area contributed by atoms with E-state index in [1.54, 1.807) is 36.2 Å². The van der Waals surface area contributed by atoms with Crippen LogP contribution in [0.5, 0.6) is 5.75 Å². The Morgan fingerprint density at radius 2 is 2.10 bits per heavy atom. The van der Waals surface area contributed by atoms with Gasteiger partial charge in [-0.05, 0) is 31.4 Å². The summed E-state index contributed by atoms with van der Waals surface area (Å²) in [6, 6.07) is 6.88. The number of para-hydroxylation sites is 2. The average Bonchev–Trinajstić information content (AvgIpc) is 2.35. The number of hydrogen-bond acceptors (Lipinski definition) is 3. The van der Waals surface area contributed by atoms with Crippen LogP contribution in [0.1, 0.15) is 19.3 Å². The van der Waals surface area contributed by atoms with Gasteiger partial charge < -0.3 is 20.1 Å². The van der Waals surface area contributed by atoms with Gasteiger partial charge in [-0.3, -0.25) is 0 Å². The van der Waals surface area contributed by atoms with Crippen LogP contribution in [0.2, 0.25) is 0 Å². The van der Waals surface area contributed by atoms with E-state index in [1.807, 2.05) is 0 Å². The second-order valence-electron chi connectivity index (χ2n) is 4.80. The average molecular weight is 278 g/mol. The number of carbonyl (C=O) groups is 2. The van der Waals surface area contributed by atoms with E-state index in [9.17, 15) is 9.59 Å². The molecule has 1 fully saturated rings. The van der Waals surface area contributed by atoms with E-state index in [-0.39, 0.29) is 6.03 Å². The summed E-state index contributed by atoms with van der Waals surface area (Å²) in [5.74, 6) is -0.706. The highest BCUT2D eigenvalue weighted by molar-refractivity contribution is 5.91. The zero-order valence-electron chi connectivity index (χ0n) is 11.3. The Hall–Kier alpha value is -2.24. The molecule has 0 atom stereocenters. The van der Waals surface area contributed by atoms with Gasteiger partial charge in [0, 0.05) is 13.1 Å². The molecule has 6 heteroatoms. The van der Waals surface area contributed by atoms with E-state index in [0.29, 0.717) is 17.5 Å². The molecule has 1 aliphatic carbocycles. The van der Waals surface area contributed by atoms with Gasteiger partial charge in [-0.2, -0.15) is 0 Å². The number of carboxylic acids is 1. The Morgan fingerprint density at radius 1 is 1.40 bits per heavy atom. The Bertz CT molecular complexity index is 500. The molecule has 2 rings (SSSR count). The minimum absolute atomic E-state index is 0.207. The maximum absolute atomic E-state index is 12.1. The topological polar surface area (TPSA) is 78.9 Å². The standard InChI is InChI=1S/C14H18N2O4/c1-16(10-5-4-6-10)14(19)15-11-7-2-3-8-12(11)20-9-13(17)18/h2-3,7-8,10H,4-6,9H2,1H3,(H,15,19)(H,17,18). The Balaban J connectivity index is 2.00. The number of amides is 2. The summed E-state index contributed by atoms with van der Waals surface area (Å²) in [6.07, 6.45) is 3.21. The van der Waals surface area contributed by atoms with Gasteiger partial charge in [-0.25, -0.2) is 9.59 Å². The number of nitrogens with one attached hydrogen (secondary N) is 1. The molecule has 20 heavy (non-hydrogen) atoms. The number of nitrogens with zero attached hydrogens (tertiary/aromatic N) is 1. The van der Waals surface area contributed by atoms with Gasteiger partial charge in [0.25, 0.3) is 0 Å². The van der Waals surface area contributed by atoms with Crippen LogP contribution in [0.3, 0.4) is 0 Å². The largest absolute Gasteiger partial charge is 0.480 e. The molecular formula is C14H18N2O4. The Kier molecular flexibility index (Phi) is 4.45. The molecule has 0 heterocycles. The van der Waals surface area contributed by atoms with Crippen LogP contribution in [0.4, 0.5) is 10.5 Å². The third kappa shape index (κ3) is 3.40. The maximum Gasteiger partial charge on any atom is 0.341 e. The van der Waals surface area contributed by atoms with Crippen LogP contribution in [-0.2, 0) is 4.79 Å². The first kappa shape index (κ1) is 14.2. The number of urea groups is 1. The van der Waals surface area contributed by atoms with Gasteiger partial charge in [-0.15, -0.1) is 0 Å². The molecule has 0 unspecified atom stereocenters. The lowest BCUT2D eigenvalue weighted by atomic mass is 9.92. The lowest BCUT2D eigenvalue weighted by Gasteiger charge is -2.34. The third-order valence-corrected chi connectivity index (χ3v) is 3.42. The number of rotatable bonds is 5. The van der Waals surface area contributed by atoms with Gasteiger partial charge in [0.1, 0.15) is 5.75 Å². The Morgan fingerprint density at radius 3 is 2.70 bits per heavy atom. The molecule has 1 aromatic rings. The molecule has 0 spiro atoms. The smallest absolute Gasteiger partial charge is 0.341 e. The summed E-state index contributed by atoms with van der Waals surface area (Å²) in [7, 11) is 1.76. The number of aliphatic carboxylic acids is 1. The van der Waals surface area contributed by atoms with Crippen molar-refractivity contribution in [1.82, 2.24) is 4.90 Å². The van der Waals surface area contributed by atoms with Crippen molar-refractivity contribution in [1.29, 1.82) is 0 Å². The van der Waals surface area contributed by atoms with E-state index in [1.165, 1.54) is 0 Å². The van der Waals surface area contributed by atoms with E-state index in [0.717, 1.165) is 19.3 Å². The fourth-order valence-electron chi connectivity index (χ4n) is 1.98. The first-order chi connectivity index (χ1) is 9.58. The van der Waals surface area contributed by atoms with Crippen LogP contribution in [0.15, 0.2) is 24.3 Å². The molecule has 2 N–H and O–H groups in total. The predicted octanol–water partition coefficient (Wildman–Crippen LogP) is 2.17. The first-order valence-electron chi connectivity index (χ1n) is 6.55. The van der Waals surface area contributed by atoms with Crippen molar-refractivity contribution in [2.24, 2.45) is 0 Å². The summed E-state index contributed by atoms with van der Waals surface area (Å²) >= 11 is 0. The molecule has 0 aromatic heterocycles. The zero-order chi connectivity index (χ0) is 14.5. The SMILES string of the molecule is CN(C(=O)Nc1ccccc1OCC(=O)O)C1CCC1. The van der Waals surface area contributed by atoms with Crippen LogP contribution >= 0.6 is 0 Å². The van der Waals surface area contributed by atoms with E-state index in [4.69, 9.17) is 9.84 Å². The van der Waals surface area contributed by atoms with Gasteiger partial charge in [0.05, 0.1) is 5.69 Å². The molecular weight excluding hydrogens is 260 g/mol. The number of hydrogen-bond donors (Lipinski definition) is 2. The highest BCUT2D eigenvalue weighted by Crippen LogP contribution is 2.27. The molecule has 1 aromatic carbocycles. The minimum Gasteiger partial charge on any atom is -0.480 e. The van der Waals surface area contributed by atoms with Crippen LogP contribution < -0.4 is 10.1 Å². The molecule has 6 nitrogen and oxygen atoms in total. The third-order valence-electron chi connectivity index (χ3n) is 3.42. The van der Waals surface area contributed by atoms with Crippen molar-refractivity contribution in [2.45, 2.75) is 25.3 Å². The molecule has 108 valence electrons. The van der Waals surface area contributed by atoms with Gasteiger partial charge in [0.2, 0.25) is 0 Å². The van der Waals surface area contributed by atoms with Crippen molar-refractivity contribution >= 4 is 17.7 Å². The fraction of sp³-hybridized carbons (Fsp3) is 0.429. The van der Waals surface area contributed by atoms with E-state index < -0.39 is 12.6 Å². The summed E-state index contributed by atoms with van der Waals surface area (Å²) in [5, 5.41) is 11.4. The summed E-state index contributed by atoms with van der Waals surface area (Å²) in [5.41, 5.74) is 0.477. The van der Waals surface area contributed by atoms with Crippen molar-refractivity contribution in [2.75, 3.05) is 19.0 Å². The normalized spacial score (nSPS) is 14.2. The molecule has 1 saturated carbocycles. The molecule has 0 aliphatic heterocycles. The van der Waals surface area contributed by atoms with E-state index in [2.05, 4.69) is 5.32 Å². The zero-order valence-corrected chi connectivity index (χ0v) is 11.3. The van der Waals surface area contributed by atoms with Crippen molar-refractivity contribution in [3.05, 3.63) is 24.3 Å². The summed E-state index contributed by atoms with van der Waals surface area (Å²) in [6.45, 7) is -0.439. The lowest BCUT2D eigenvalue weighted by molar-refractivity contribution is -0.139. The number of carboxylic acid groups (broad SMARTS) is 1. The number of anilines is 1. The molecule has 0 radical (unpaired) electrons. The van der Waals surface area contributed by atoms with Crippen LogP contribution in [0, 0.1) is 0 Å². The van der Waals surface area contributed by atoms with Gasteiger partial charge >= 0.3 is 12.0 Å². The molecule has 0 saturated heterocycles. The number of carbonyl (C=O) groups excluding carboxylic acids is 1. The monoisotopic (exact) mass is 278 g/mol. The van der Waals surface area contributed by atoms with Crippen molar-refractivity contribution < 1.29 is 19.4 Å². The van der Waals surface area contributed by atoms with Gasteiger partial charge in [0.15, 0.2) is 6.61 Å². The summed E-state index contributed by atoms with van der Waals surface area (Å²) < 4.78 is 5.15. The number of ether oxygens (including phenoxy) is 1. The lowest BCUT2D eigenvalue weighted by Crippen LogP contribution is -2.43. The minimum atomic E-state index is -1.06. The number of benzene rings is 1. The highest BCUT2D eigenvalue weighted by Gasteiger charge is 2.25. The van der Waals surface area contributed by atoms with Gasteiger partial charge in [-0.1, -0.05) is 12.1 Å². The van der Waals surface area contributed by atoms with Crippen LogP contribution in [0.25, 0.3) is 0 Å². The summed E-state index contributed by atoms with van der Waals surface area (Å²) in [4.78, 5) is 24.3. The predicted molar refractivity (Wildman–Crippen MR) is 74.0 cm³/mol. The maximum atomic E-state index is 12.1. The molecule has 0 bridgehead atoms. The first-order valence-corrected chi connectivity index (χ1v) is 6.55. The molecule has 1 aliphatic rings. The van der Waals surface area contributed by atoms with Crippen molar-refractivity contribution in [3.63, 3.8) is 0 Å². The molecule has 2 amide bonds. The second kappa shape index (κ2) is 6.27.